The van der Waals surface area contributed by atoms with Gasteiger partial charge >= 0.3 is 0 Å². The Kier molecular flexibility index (Phi) is 6.64. The molecule has 180 valence electrons. The molecular weight excluding hydrogens is 467 g/mol. The van der Waals surface area contributed by atoms with Crippen LogP contribution in [-0.4, -0.2) is 58.9 Å². The number of hydrogen-bond acceptors (Lipinski definition) is 8. The average Bonchev–Trinajstić information content (AvgIpc) is 2.81. The Bertz CT molecular complexity index is 1170. The summed E-state index contributed by atoms with van der Waals surface area (Å²) in [5.74, 6) is 2.02. The van der Waals surface area contributed by atoms with E-state index in [0.29, 0.717) is 35.9 Å². The number of halogens is 3. The van der Waals surface area contributed by atoms with Crippen molar-refractivity contribution in [2.45, 2.75) is 25.5 Å². The van der Waals surface area contributed by atoms with Crippen molar-refractivity contribution in [1.29, 1.82) is 0 Å². The largest absolute Gasteiger partial charge is 0.468 e. The highest BCUT2D eigenvalue weighted by atomic mass is 32.2. The number of thioether (sulfide) groups is 1. The Morgan fingerprint density at radius 1 is 1.18 bits per heavy atom. The minimum absolute atomic E-state index is 0.0487. The predicted octanol–water partition coefficient (Wildman–Crippen LogP) is 4.61. The first-order valence-corrected chi connectivity index (χ1v) is 12.2. The SMILES string of the molecule is CC(Nc1ncnc2nc(OC3COC3)c(N3CCSCC3)cc12)c1cccc(C(F)F)c1F. The van der Waals surface area contributed by atoms with E-state index in [9.17, 15) is 13.2 Å². The Hall–Kier alpha value is -2.79. The van der Waals surface area contributed by atoms with Crippen molar-refractivity contribution in [1.82, 2.24) is 15.0 Å². The molecule has 2 saturated heterocycles. The van der Waals surface area contributed by atoms with Gasteiger partial charge in [-0.3, -0.25) is 0 Å². The first kappa shape index (κ1) is 23.0. The van der Waals surface area contributed by atoms with E-state index in [1.54, 1.807) is 6.92 Å². The van der Waals surface area contributed by atoms with Crippen LogP contribution in [0.3, 0.4) is 0 Å². The highest BCUT2D eigenvalue weighted by Crippen LogP contribution is 2.36. The molecule has 1 atom stereocenters. The fraction of sp³-hybridized carbons (Fsp3) is 0.435. The van der Waals surface area contributed by atoms with Crippen molar-refractivity contribution in [3.63, 3.8) is 0 Å². The van der Waals surface area contributed by atoms with Gasteiger partial charge < -0.3 is 19.7 Å². The molecule has 0 bridgehead atoms. The van der Waals surface area contributed by atoms with E-state index in [1.807, 2.05) is 17.8 Å². The maximum atomic E-state index is 14.7. The van der Waals surface area contributed by atoms with Crippen LogP contribution in [0.4, 0.5) is 24.7 Å². The van der Waals surface area contributed by atoms with Crippen LogP contribution in [0.1, 0.15) is 30.5 Å². The molecule has 0 spiro atoms. The predicted molar refractivity (Wildman–Crippen MR) is 126 cm³/mol. The van der Waals surface area contributed by atoms with Crippen LogP contribution >= 0.6 is 11.8 Å². The molecule has 1 aromatic carbocycles. The van der Waals surface area contributed by atoms with Gasteiger partial charge in [0.05, 0.1) is 30.2 Å². The number of nitrogens with zero attached hydrogens (tertiary/aromatic N) is 4. The average molecular weight is 492 g/mol. The van der Waals surface area contributed by atoms with Crippen LogP contribution in [0.15, 0.2) is 30.6 Å². The molecule has 1 N–H and O–H groups in total. The fourth-order valence-electron chi connectivity index (χ4n) is 3.99. The van der Waals surface area contributed by atoms with Gasteiger partial charge in [0.2, 0.25) is 5.88 Å². The van der Waals surface area contributed by atoms with Crippen LogP contribution in [0.2, 0.25) is 0 Å². The molecule has 0 radical (unpaired) electrons. The van der Waals surface area contributed by atoms with Gasteiger partial charge in [-0.15, -0.1) is 0 Å². The second-order valence-electron chi connectivity index (χ2n) is 8.20. The van der Waals surface area contributed by atoms with Gasteiger partial charge in [-0.1, -0.05) is 18.2 Å². The fourth-order valence-corrected chi connectivity index (χ4v) is 4.89. The molecule has 5 rings (SSSR count). The summed E-state index contributed by atoms with van der Waals surface area (Å²) in [6, 6.07) is 5.34. The van der Waals surface area contributed by atoms with E-state index in [4.69, 9.17) is 9.47 Å². The Morgan fingerprint density at radius 2 is 1.94 bits per heavy atom. The lowest BCUT2D eigenvalue weighted by atomic mass is 10.0. The minimum atomic E-state index is -2.89. The van der Waals surface area contributed by atoms with Gasteiger partial charge in [-0.05, 0) is 13.0 Å². The summed E-state index contributed by atoms with van der Waals surface area (Å²) in [5.41, 5.74) is 0.788. The van der Waals surface area contributed by atoms with Crippen LogP contribution in [-0.2, 0) is 4.74 Å². The van der Waals surface area contributed by atoms with Crippen LogP contribution in [0.5, 0.6) is 5.88 Å². The van der Waals surface area contributed by atoms with Gasteiger partial charge in [0.15, 0.2) is 5.65 Å². The van der Waals surface area contributed by atoms with E-state index < -0.39 is 23.8 Å². The number of ether oxygens (including phenoxy) is 2. The normalized spacial score (nSPS) is 17.6. The molecule has 7 nitrogen and oxygen atoms in total. The van der Waals surface area contributed by atoms with E-state index in [1.165, 1.54) is 18.5 Å². The summed E-state index contributed by atoms with van der Waals surface area (Å²) in [4.78, 5) is 15.6. The summed E-state index contributed by atoms with van der Waals surface area (Å²) in [7, 11) is 0. The van der Waals surface area contributed by atoms with Gasteiger partial charge in [0.25, 0.3) is 6.43 Å². The number of rotatable bonds is 7. The number of aromatic nitrogens is 3. The molecule has 0 amide bonds. The zero-order valence-corrected chi connectivity index (χ0v) is 19.3. The van der Waals surface area contributed by atoms with Crippen molar-refractivity contribution in [2.75, 3.05) is 48.0 Å². The van der Waals surface area contributed by atoms with Gasteiger partial charge in [-0.2, -0.15) is 16.7 Å². The van der Waals surface area contributed by atoms with E-state index in [-0.39, 0.29) is 11.7 Å². The highest BCUT2D eigenvalue weighted by Gasteiger charge is 2.26. The van der Waals surface area contributed by atoms with Crippen molar-refractivity contribution < 1.29 is 22.6 Å². The first-order chi connectivity index (χ1) is 16.5. The van der Waals surface area contributed by atoms with Gasteiger partial charge in [0.1, 0.15) is 29.8 Å². The molecule has 11 heteroatoms. The van der Waals surface area contributed by atoms with Crippen molar-refractivity contribution in [3.8, 4) is 5.88 Å². The standard InChI is InChI=1S/C23H24F3N5O2S/c1-13(15-3-2-4-16(19(15)24)20(25)26)29-21-17-9-18(31-5-7-34-8-6-31)23(33-14-10-32-11-14)30-22(17)28-12-27-21/h2-4,9,12-14,20H,5-8,10-11H2,1H3,(H,27,28,29,30). The number of alkyl halides is 2. The number of pyridine rings is 1. The number of hydrogen-bond donors (Lipinski definition) is 1. The smallest absolute Gasteiger partial charge is 0.266 e. The topological polar surface area (TPSA) is 72.4 Å². The lowest BCUT2D eigenvalue weighted by molar-refractivity contribution is -0.0810. The third-order valence-electron chi connectivity index (χ3n) is 5.92. The zero-order chi connectivity index (χ0) is 23.7. The van der Waals surface area contributed by atoms with Crippen molar-refractivity contribution in [3.05, 3.63) is 47.5 Å². The lowest BCUT2D eigenvalue weighted by Gasteiger charge is -2.32. The van der Waals surface area contributed by atoms with E-state index >= 15 is 0 Å². The maximum absolute atomic E-state index is 14.7. The summed E-state index contributed by atoms with van der Waals surface area (Å²) in [6.45, 7) is 4.45. The number of nitrogens with one attached hydrogen (secondary N) is 1. The molecule has 2 aliphatic heterocycles. The van der Waals surface area contributed by atoms with Crippen molar-refractivity contribution >= 4 is 34.3 Å². The van der Waals surface area contributed by atoms with Crippen LogP contribution in [0, 0.1) is 5.82 Å². The molecule has 3 aromatic rings. The Balaban J connectivity index is 1.51. The third kappa shape index (κ3) is 4.58. The van der Waals surface area contributed by atoms with Crippen molar-refractivity contribution in [2.24, 2.45) is 0 Å². The van der Waals surface area contributed by atoms with E-state index in [0.717, 1.165) is 36.3 Å². The second kappa shape index (κ2) is 9.83. The first-order valence-electron chi connectivity index (χ1n) is 11.1. The second-order valence-corrected chi connectivity index (χ2v) is 9.42. The molecule has 4 heterocycles. The monoisotopic (exact) mass is 491 g/mol. The van der Waals surface area contributed by atoms with E-state index in [2.05, 4.69) is 25.2 Å². The van der Waals surface area contributed by atoms with Gasteiger partial charge in [-0.25, -0.2) is 23.1 Å². The minimum Gasteiger partial charge on any atom is -0.468 e. The molecule has 2 aromatic heterocycles. The van der Waals surface area contributed by atoms with Crippen LogP contribution < -0.4 is 15.0 Å². The molecule has 0 saturated carbocycles. The summed E-state index contributed by atoms with van der Waals surface area (Å²) < 4.78 is 52.4. The summed E-state index contributed by atoms with van der Waals surface area (Å²) in [6.07, 6.45) is -1.57. The lowest BCUT2D eigenvalue weighted by Crippen LogP contribution is -2.40. The summed E-state index contributed by atoms with van der Waals surface area (Å²) >= 11 is 1.90. The number of benzene rings is 1. The molecule has 2 fully saturated rings. The third-order valence-corrected chi connectivity index (χ3v) is 6.86. The Morgan fingerprint density at radius 3 is 2.65 bits per heavy atom. The molecule has 2 aliphatic rings. The Labute approximate surface area is 199 Å². The van der Waals surface area contributed by atoms with Gasteiger partial charge in [0, 0.05) is 30.2 Å². The van der Waals surface area contributed by atoms with Crippen LogP contribution in [0.25, 0.3) is 11.0 Å². The molecule has 34 heavy (non-hydrogen) atoms. The molecule has 0 aliphatic carbocycles. The summed E-state index contributed by atoms with van der Waals surface area (Å²) in [5, 5.41) is 3.81. The molecular formula is C23H24F3N5O2S. The maximum Gasteiger partial charge on any atom is 0.266 e. The molecule has 1 unspecified atom stereocenters. The highest BCUT2D eigenvalue weighted by molar-refractivity contribution is 7.99. The zero-order valence-electron chi connectivity index (χ0n) is 18.5. The number of fused-ring (bicyclic) bond motifs is 1. The number of anilines is 2. The quantitative estimate of drug-likeness (QED) is 0.514.